The highest BCUT2D eigenvalue weighted by Gasteiger charge is 2.46. The summed E-state index contributed by atoms with van der Waals surface area (Å²) in [6, 6.07) is 5.96. The van der Waals surface area contributed by atoms with Gasteiger partial charge in [0.15, 0.2) is 5.78 Å². The molecule has 1 saturated carbocycles. The molecule has 5 atom stereocenters. The maximum atomic E-state index is 13.7. The molecule has 0 aromatic heterocycles. The van der Waals surface area contributed by atoms with Crippen LogP contribution in [0.2, 0.25) is 0 Å². The fraction of sp³-hybridized carbons (Fsp3) is 0.481. The fourth-order valence-electron chi connectivity index (χ4n) is 5.51. The number of fused-ring (bicyclic) bond motifs is 2. The van der Waals surface area contributed by atoms with Gasteiger partial charge in [0.2, 0.25) is 12.1 Å². The number of rotatable bonds is 5. The van der Waals surface area contributed by atoms with Crippen LogP contribution >= 0.6 is 0 Å². The van der Waals surface area contributed by atoms with Crippen molar-refractivity contribution in [3.05, 3.63) is 52.1 Å². The first-order valence-electron chi connectivity index (χ1n) is 12.4. The quantitative estimate of drug-likeness (QED) is 0.336. The highest BCUT2D eigenvalue weighted by atomic mass is 16.7. The summed E-state index contributed by atoms with van der Waals surface area (Å²) in [4.78, 5) is 27.3. The number of aliphatic hydroxyl groups excluding tert-OH is 4. The molecule has 37 heavy (non-hydrogen) atoms. The maximum Gasteiger partial charge on any atom is 0.229 e. The summed E-state index contributed by atoms with van der Waals surface area (Å²) in [5, 5.41) is 51.0. The zero-order chi connectivity index (χ0) is 26.4. The van der Waals surface area contributed by atoms with Gasteiger partial charge in [0.25, 0.3) is 0 Å². The Labute approximate surface area is 213 Å². The second-order valence-electron chi connectivity index (χ2n) is 9.82. The van der Waals surface area contributed by atoms with E-state index < -0.39 is 48.9 Å². The highest BCUT2D eigenvalue weighted by Crippen LogP contribution is 2.43. The van der Waals surface area contributed by atoms with Crippen molar-refractivity contribution in [3.63, 3.8) is 0 Å². The molecule has 0 radical (unpaired) electrons. The molecule has 10 nitrogen and oxygen atoms in total. The normalized spacial score (nSPS) is 28.0. The van der Waals surface area contributed by atoms with E-state index in [0.29, 0.717) is 0 Å². The number of benzene rings is 2. The molecule has 5 N–H and O–H groups in total. The van der Waals surface area contributed by atoms with Gasteiger partial charge in [-0.15, -0.1) is 0 Å². The number of hydrogen-bond donors (Lipinski definition) is 5. The Kier molecular flexibility index (Phi) is 6.95. The average molecular weight is 515 g/mol. The number of ketones is 2. The summed E-state index contributed by atoms with van der Waals surface area (Å²) >= 11 is 0. The van der Waals surface area contributed by atoms with Gasteiger partial charge >= 0.3 is 0 Å². The molecular formula is C27H30O10. The summed E-state index contributed by atoms with van der Waals surface area (Å²) in [5.74, 6) is -1.23. The minimum atomic E-state index is -1.73. The molecule has 2 aromatic carbocycles. The van der Waals surface area contributed by atoms with E-state index in [2.05, 4.69) is 0 Å². The number of carbonyl (C=O) groups is 2. The van der Waals surface area contributed by atoms with Gasteiger partial charge in [0.1, 0.15) is 41.7 Å². The summed E-state index contributed by atoms with van der Waals surface area (Å²) in [5.41, 5.74) is 0.625. The molecule has 1 heterocycles. The molecule has 0 bridgehead atoms. The molecule has 5 unspecified atom stereocenters. The van der Waals surface area contributed by atoms with Crippen LogP contribution in [0.3, 0.4) is 0 Å². The van der Waals surface area contributed by atoms with Gasteiger partial charge in [-0.1, -0.05) is 19.3 Å². The molecule has 5 rings (SSSR count). The van der Waals surface area contributed by atoms with Crippen LogP contribution in [-0.2, 0) is 4.74 Å². The summed E-state index contributed by atoms with van der Waals surface area (Å²) in [7, 11) is 1.37. The maximum absolute atomic E-state index is 13.7. The zero-order valence-electron chi connectivity index (χ0n) is 20.3. The second kappa shape index (κ2) is 10.0. The lowest BCUT2D eigenvalue weighted by atomic mass is 9.78. The molecule has 1 aliphatic heterocycles. The number of hydrogen-bond acceptors (Lipinski definition) is 10. The van der Waals surface area contributed by atoms with Gasteiger partial charge in [-0.05, 0) is 42.5 Å². The van der Waals surface area contributed by atoms with Crippen molar-refractivity contribution in [2.75, 3.05) is 13.7 Å². The van der Waals surface area contributed by atoms with Crippen LogP contribution < -0.4 is 9.47 Å². The van der Waals surface area contributed by atoms with Crippen molar-refractivity contribution in [2.45, 2.75) is 68.7 Å². The molecule has 198 valence electrons. The molecular weight excluding hydrogens is 484 g/mol. The van der Waals surface area contributed by atoms with Crippen LogP contribution in [0, 0.1) is 0 Å². The van der Waals surface area contributed by atoms with Crippen molar-refractivity contribution in [3.8, 4) is 17.2 Å². The molecule has 2 aliphatic carbocycles. The molecule has 3 aliphatic rings. The van der Waals surface area contributed by atoms with Crippen LogP contribution in [0.25, 0.3) is 0 Å². The van der Waals surface area contributed by atoms with E-state index in [0.717, 1.165) is 37.7 Å². The lowest BCUT2D eigenvalue weighted by Crippen LogP contribution is -2.60. The van der Waals surface area contributed by atoms with E-state index in [9.17, 15) is 35.1 Å². The highest BCUT2D eigenvalue weighted by molar-refractivity contribution is 6.30. The molecule has 2 aromatic rings. The number of phenols is 1. The summed E-state index contributed by atoms with van der Waals surface area (Å²) < 4.78 is 16.5. The minimum Gasteiger partial charge on any atom is -0.507 e. The lowest BCUT2D eigenvalue weighted by Gasteiger charge is -2.39. The lowest BCUT2D eigenvalue weighted by molar-refractivity contribution is -0.277. The third-order valence-electron chi connectivity index (χ3n) is 7.56. The fourth-order valence-corrected chi connectivity index (χ4v) is 5.51. The predicted octanol–water partition coefficient (Wildman–Crippen LogP) is 1.40. The number of ether oxygens (including phenoxy) is 3. The number of methoxy groups -OCH3 is 1. The molecule has 2 fully saturated rings. The first-order chi connectivity index (χ1) is 17.7. The first-order valence-corrected chi connectivity index (χ1v) is 12.4. The van der Waals surface area contributed by atoms with Gasteiger partial charge < -0.3 is 39.7 Å². The van der Waals surface area contributed by atoms with Gasteiger partial charge in [-0.25, -0.2) is 0 Å². The van der Waals surface area contributed by atoms with E-state index in [4.69, 9.17) is 14.2 Å². The SMILES string of the molecule is COc1cc(OC2OC(CO)C(O)C(O)C2O)c2c(c1)C(=O)c1cc(C3CCCCC3)cc(O)c1C2=O. The smallest absolute Gasteiger partial charge is 0.229 e. The topological polar surface area (TPSA) is 163 Å². The van der Waals surface area contributed by atoms with Crippen LogP contribution in [0.4, 0.5) is 0 Å². The van der Waals surface area contributed by atoms with E-state index in [1.165, 1.54) is 19.2 Å². The van der Waals surface area contributed by atoms with E-state index >= 15 is 0 Å². The third kappa shape index (κ3) is 4.38. The van der Waals surface area contributed by atoms with Crippen molar-refractivity contribution in [2.24, 2.45) is 0 Å². The largest absolute Gasteiger partial charge is 0.507 e. The van der Waals surface area contributed by atoms with Gasteiger partial charge in [-0.3, -0.25) is 9.59 Å². The van der Waals surface area contributed by atoms with Crippen molar-refractivity contribution in [1.82, 2.24) is 0 Å². The Morgan fingerprint density at radius 3 is 2.27 bits per heavy atom. The van der Waals surface area contributed by atoms with E-state index in [-0.39, 0.29) is 45.4 Å². The Morgan fingerprint density at radius 1 is 0.892 bits per heavy atom. The van der Waals surface area contributed by atoms with Crippen molar-refractivity contribution < 1.29 is 49.3 Å². The summed E-state index contributed by atoms with van der Waals surface area (Å²) in [6.45, 7) is -0.664. The Morgan fingerprint density at radius 2 is 1.59 bits per heavy atom. The zero-order valence-corrected chi connectivity index (χ0v) is 20.3. The monoisotopic (exact) mass is 514 g/mol. The number of carbonyl (C=O) groups excluding carboxylic acids is 2. The standard InChI is InChI=1S/C27H30O10/c1-35-14-9-16-21(18(10-14)36-27-26(34)25(33)23(31)19(11-28)37-27)24(32)20-15(22(16)30)7-13(8-17(20)29)12-5-3-2-4-6-12/h7-10,12,19,23,25-29,31,33-34H,2-6,11H2,1H3. The molecule has 1 saturated heterocycles. The van der Waals surface area contributed by atoms with Gasteiger partial charge in [0, 0.05) is 17.2 Å². The Hall–Kier alpha value is -3.02. The Bertz CT molecular complexity index is 1220. The van der Waals surface area contributed by atoms with Crippen LogP contribution in [0.5, 0.6) is 17.2 Å². The minimum absolute atomic E-state index is 0.00312. The van der Waals surface area contributed by atoms with Crippen LogP contribution in [0.1, 0.15) is 75.4 Å². The summed E-state index contributed by atoms with van der Waals surface area (Å²) in [6.07, 6.45) is -2.67. The number of aromatic hydroxyl groups is 1. The van der Waals surface area contributed by atoms with Crippen LogP contribution in [-0.4, -0.2) is 81.5 Å². The Balaban J connectivity index is 1.56. The number of aliphatic hydroxyl groups is 4. The van der Waals surface area contributed by atoms with E-state index in [1.807, 2.05) is 0 Å². The second-order valence-corrected chi connectivity index (χ2v) is 9.82. The number of phenolic OH excluding ortho intramolecular Hbond substituents is 1. The van der Waals surface area contributed by atoms with Crippen LogP contribution in [0.15, 0.2) is 24.3 Å². The first kappa shape index (κ1) is 25.6. The molecule has 10 heteroatoms. The third-order valence-corrected chi connectivity index (χ3v) is 7.56. The average Bonchev–Trinajstić information content (AvgIpc) is 2.91. The van der Waals surface area contributed by atoms with Gasteiger partial charge in [0.05, 0.1) is 24.8 Å². The van der Waals surface area contributed by atoms with Gasteiger partial charge in [-0.2, -0.15) is 0 Å². The van der Waals surface area contributed by atoms with Crippen molar-refractivity contribution in [1.29, 1.82) is 0 Å². The van der Waals surface area contributed by atoms with E-state index in [1.54, 1.807) is 12.1 Å². The molecule has 0 spiro atoms. The molecule has 0 amide bonds. The van der Waals surface area contributed by atoms with Crippen molar-refractivity contribution >= 4 is 11.6 Å². The predicted molar refractivity (Wildman–Crippen MR) is 128 cm³/mol.